The Kier molecular flexibility index (Phi) is 3.21. The van der Waals surface area contributed by atoms with Gasteiger partial charge in [0, 0.05) is 13.6 Å². The second-order valence-corrected chi connectivity index (χ2v) is 3.88. The van der Waals surface area contributed by atoms with Gasteiger partial charge in [0.1, 0.15) is 17.5 Å². The van der Waals surface area contributed by atoms with Crippen LogP contribution in [-0.2, 0) is 20.1 Å². The lowest BCUT2D eigenvalue weighted by atomic mass is 10.5. The second-order valence-electron chi connectivity index (χ2n) is 3.49. The number of hydrogen-bond donors (Lipinski definition) is 1. The molecule has 2 rings (SSSR count). The minimum absolute atomic E-state index is 0.569. The summed E-state index contributed by atoms with van der Waals surface area (Å²) >= 11 is 5.90. The van der Waals surface area contributed by atoms with E-state index >= 15 is 0 Å². The molecule has 0 saturated carbocycles. The van der Waals surface area contributed by atoms with Crippen molar-refractivity contribution in [1.82, 2.24) is 29.9 Å². The van der Waals surface area contributed by atoms with Crippen molar-refractivity contribution < 1.29 is 0 Å². The molecule has 1 N–H and O–H groups in total. The number of rotatable bonds is 4. The third-order valence-corrected chi connectivity index (χ3v) is 2.63. The molecule has 0 amide bonds. The molecule has 0 aliphatic heterocycles. The Bertz CT molecular complexity index is 474. The first-order chi connectivity index (χ1) is 7.70. The van der Waals surface area contributed by atoms with E-state index in [2.05, 4.69) is 20.6 Å². The molecular weight excluding hydrogens is 228 g/mol. The first-order valence-corrected chi connectivity index (χ1v) is 5.28. The first-order valence-electron chi connectivity index (χ1n) is 4.90. The fourth-order valence-electron chi connectivity index (χ4n) is 1.39. The van der Waals surface area contributed by atoms with Gasteiger partial charge in [0.25, 0.3) is 0 Å². The summed E-state index contributed by atoms with van der Waals surface area (Å²) in [4.78, 5) is 4.19. The molecule has 0 spiro atoms. The molecule has 0 saturated heterocycles. The molecule has 0 aromatic carbocycles. The summed E-state index contributed by atoms with van der Waals surface area (Å²) in [5.74, 6) is 0.853. The Morgan fingerprint density at radius 2 is 2.31 bits per heavy atom. The minimum Gasteiger partial charge on any atom is -0.321 e. The highest BCUT2D eigenvalue weighted by atomic mass is 35.5. The van der Waals surface area contributed by atoms with Crippen molar-refractivity contribution in [3.05, 3.63) is 29.1 Å². The molecular formula is C9H13ClN6. The van der Waals surface area contributed by atoms with E-state index in [0.29, 0.717) is 18.2 Å². The van der Waals surface area contributed by atoms with Gasteiger partial charge >= 0.3 is 0 Å². The van der Waals surface area contributed by atoms with Gasteiger partial charge in [-0.25, -0.2) is 9.67 Å². The fourth-order valence-corrected chi connectivity index (χ4v) is 1.54. The molecule has 0 radical (unpaired) electrons. The summed E-state index contributed by atoms with van der Waals surface area (Å²) in [5, 5.41) is 11.7. The first kappa shape index (κ1) is 11.1. The van der Waals surface area contributed by atoms with Crippen LogP contribution < -0.4 is 5.32 Å². The average Bonchev–Trinajstić information content (AvgIpc) is 2.82. The number of hydrogen-bond acceptors (Lipinski definition) is 4. The van der Waals surface area contributed by atoms with E-state index in [4.69, 9.17) is 11.6 Å². The Balaban J connectivity index is 2.11. The van der Waals surface area contributed by atoms with Crippen molar-refractivity contribution in [2.75, 3.05) is 7.05 Å². The van der Waals surface area contributed by atoms with Crippen molar-refractivity contribution in [3.8, 4) is 0 Å². The molecule has 0 aliphatic rings. The molecule has 2 aromatic rings. The van der Waals surface area contributed by atoms with Crippen LogP contribution in [0, 0.1) is 0 Å². The summed E-state index contributed by atoms with van der Waals surface area (Å²) in [7, 11) is 3.74. The highest BCUT2D eigenvalue weighted by Gasteiger charge is 2.06. The fraction of sp³-hybridized carbons (Fsp3) is 0.444. The highest BCUT2D eigenvalue weighted by molar-refractivity contribution is 6.29. The van der Waals surface area contributed by atoms with Gasteiger partial charge in [-0.2, -0.15) is 0 Å². The molecule has 0 atom stereocenters. The Hall–Kier alpha value is -1.40. The van der Waals surface area contributed by atoms with E-state index in [1.807, 2.05) is 24.9 Å². The number of imidazole rings is 1. The van der Waals surface area contributed by atoms with Crippen molar-refractivity contribution in [2.45, 2.75) is 13.1 Å². The van der Waals surface area contributed by atoms with E-state index in [-0.39, 0.29) is 0 Å². The molecule has 2 aromatic heterocycles. The van der Waals surface area contributed by atoms with E-state index in [1.54, 1.807) is 10.9 Å². The Morgan fingerprint density at radius 1 is 1.50 bits per heavy atom. The maximum atomic E-state index is 5.90. The van der Waals surface area contributed by atoms with E-state index < -0.39 is 0 Å². The number of aromatic nitrogens is 5. The van der Waals surface area contributed by atoms with Gasteiger partial charge in [-0.05, 0) is 7.05 Å². The molecule has 86 valence electrons. The zero-order chi connectivity index (χ0) is 11.5. The van der Waals surface area contributed by atoms with Crippen molar-refractivity contribution in [3.63, 3.8) is 0 Å². The third kappa shape index (κ3) is 2.23. The Labute approximate surface area is 98.2 Å². The summed E-state index contributed by atoms with van der Waals surface area (Å²) in [5.41, 5.74) is 0.905. The molecule has 2 heterocycles. The third-order valence-electron chi connectivity index (χ3n) is 2.28. The maximum absolute atomic E-state index is 5.90. The van der Waals surface area contributed by atoms with Gasteiger partial charge in [-0.1, -0.05) is 16.8 Å². The monoisotopic (exact) mass is 240 g/mol. The van der Waals surface area contributed by atoms with E-state index in [0.717, 1.165) is 11.5 Å². The van der Waals surface area contributed by atoms with Gasteiger partial charge in [0.05, 0.1) is 18.1 Å². The molecule has 6 nitrogen and oxygen atoms in total. The van der Waals surface area contributed by atoms with Gasteiger partial charge in [0.15, 0.2) is 0 Å². The highest BCUT2D eigenvalue weighted by Crippen LogP contribution is 2.09. The zero-order valence-corrected chi connectivity index (χ0v) is 9.94. The summed E-state index contributed by atoms with van der Waals surface area (Å²) in [6.07, 6.45) is 3.52. The average molecular weight is 241 g/mol. The van der Waals surface area contributed by atoms with E-state index in [9.17, 15) is 0 Å². The van der Waals surface area contributed by atoms with Crippen molar-refractivity contribution in [1.29, 1.82) is 0 Å². The van der Waals surface area contributed by atoms with Crippen LogP contribution in [0.3, 0.4) is 0 Å². The number of halogens is 1. The summed E-state index contributed by atoms with van der Waals surface area (Å²) in [6, 6.07) is 0. The van der Waals surface area contributed by atoms with Gasteiger partial charge in [0.2, 0.25) is 0 Å². The predicted molar refractivity (Wildman–Crippen MR) is 60.1 cm³/mol. The SMILES string of the molecule is CNCc1cn(Cc2ncc(Cl)n2C)nn1. The largest absolute Gasteiger partial charge is 0.321 e. The normalized spacial score (nSPS) is 10.9. The van der Waals surface area contributed by atoms with Crippen LogP contribution >= 0.6 is 11.6 Å². The smallest absolute Gasteiger partial charge is 0.131 e. The zero-order valence-electron chi connectivity index (χ0n) is 9.18. The molecule has 0 aliphatic carbocycles. The van der Waals surface area contributed by atoms with Crippen LogP contribution in [0.25, 0.3) is 0 Å². The molecule has 16 heavy (non-hydrogen) atoms. The van der Waals surface area contributed by atoms with Crippen LogP contribution in [0.4, 0.5) is 0 Å². The lowest BCUT2D eigenvalue weighted by Crippen LogP contribution is -2.07. The maximum Gasteiger partial charge on any atom is 0.131 e. The lowest BCUT2D eigenvalue weighted by molar-refractivity contribution is 0.607. The second kappa shape index (κ2) is 4.63. The van der Waals surface area contributed by atoms with Crippen LogP contribution in [0.1, 0.15) is 11.5 Å². The number of nitrogens with zero attached hydrogens (tertiary/aromatic N) is 5. The minimum atomic E-state index is 0.569. The predicted octanol–water partition coefficient (Wildman–Crippen LogP) is 0.433. The van der Waals surface area contributed by atoms with Crippen molar-refractivity contribution in [2.24, 2.45) is 7.05 Å². The van der Waals surface area contributed by atoms with Gasteiger partial charge < -0.3 is 9.88 Å². The Morgan fingerprint density at radius 3 is 2.94 bits per heavy atom. The quantitative estimate of drug-likeness (QED) is 0.842. The van der Waals surface area contributed by atoms with Crippen molar-refractivity contribution >= 4 is 11.6 Å². The molecule has 0 fully saturated rings. The van der Waals surface area contributed by atoms with Crippen LogP contribution in [0.5, 0.6) is 0 Å². The molecule has 0 bridgehead atoms. The summed E-state index contributed by atoms with van der Waals surface area (Å²) in [6.45, 7) is 1.28. The molecule has 0 unspecified atom stereocenters. The van der Waals surface area contributed by atoms with Crippen LogP contribution in [0.15, 0.2) is 12.4 Å². The topological polar surface area (TPSA) is 60.6 Å². The van der Waals surface area contributed by atoms with Crippen LogP contribution in [-0.4, -0.2) is 31.6 Å². The standard InChI is InChI=1S/C9H13ClN6/c1-11-3-7-5-16(14-13-7)6-9-12-4-8(10)15(9)2/h4-5,11H,3,6H2,1-2H3. The van der Waals surface area contributed by atoms with Gasteiger partial charge in [-0.15, -0.1) is 5.10 Å². The number of nitrogens with one attached hydrogen (secondary N) is 1. The summed E-state index contributed by atoms with van der Waals surface area (Å²) < 4.78 is 3.56. The van der Waals surface area contributed by atoms with Crippen LogP contribution in [0.2, 0.25) is 5.15 Å². The molecule has 7 heteroatoms. The lowest BCUT2D eigenvalue weighted by Gasteiger charge is -2.01. The van der Waals surface area contributed by atoms with E-state index in [1.165, 1.54) is 0 Å². The van der Waals surface area contributed by atoms with Gasteiger partial charge in [-0.3, -0.25) is 0 Å².